The van der Waals surface area contributed by atoms with Crippen LogP contribution in [0.15, 0.2) is 0 Å². The van der Waals surface area contributed by atoms with E-state index in [-0.39, 0.29) is 6.04 Å². The van der Waals surface area contributed by atoms with E-state index in [1.807, 2.05) is 14.0 Å². The van der Waals surface area contributed by atoms with Gasteiger partial charge in [0.1, 0.15) is 6.04 Å². The van der Waals surface area contributed by atoms with Crippen LogP contribution in [0, 0.1) is 5.92 Å². The van der Waals surface area contributed by atoms with Gasteiger partial charge in [-0.3, -0.25) is 9.69 Å². The van der Waals surface area contributed by atoms with Crippen LogP contribution in [0.2, 0.25) is 0 Å². The van der Waals surface area contributed by atoms with Gasteiger partial charge in [-0.1, -0.05) is 33.1 Å². The van der Waals surface area contributed by atoms with Crippen molar-refractivity contribution in [3.8, 4) is 0 Å². The minimum atomic E-state index is -0.675. The maximum Gasteiger partial charge on any atom is 0.320 e. The Morgan fingerprint density at radius 2 is 2.00 bits per heavy atom. The summed E-state index contributed by atoms with van der Waals surface area (Å²) in [5.41, 5.74) is 0. The Balaban J connectivity index is 2.56. The average molecular weight is 241 g/mol. The van der Waals surface area contributed by atoms with Crippen molar-refractivity contribution in [2.75, 3.05) is 7.05 Å². The Kier molecular flexibility index (Phi) is 5.96. The maximum atomic E-state index is 11.2. The molecule has 3 unspecified atom stereocenters. The molecule has 0 radical (unpaired) electrons. The van der Waals surface area contributed by atoms with Crippen LogP contribution in [0.5, 0.6) is 0 Å². The van der Waals surface area contributed by atoms with Crippen molar-refractivity contribution in [1.82, 2.24) is 4.90 Å². The molecule has 3 nitrogen and oxygen atoms in total. The van der Waals surface area contributed by atoms with E-state index < -0.39 is 5.97 Å². The molecule has 0 spiro atoms. The molecule has 0 aromatic heterocycles. The Hall–Kier alpha value is -0.570. The molecule has 0 aliphatic heterocycles. The standard InChI is InChI=1S/C14H27NO2/c1-4-11-7-6-8-12(10-9-11)15(3)13(5-2)14(16)17/h11-13H,4-10H2,1-3H3,(H,16,17). The molecule has 1 fully saturated rings. The Labute approximate surface area is 105 Å². The molecule has 1 aliphatic rings. The van der Waals surface area contributed by atoms with Crippen LogP contribution >= 0.6 is 0 Å². The fraction of sp³-hybridized carbons (Fsp3) is 0.929. The number of hydrogen-bond acceptors (Lipinski definition) is 2. The van der Waals surface area contributed by atoms with E-state index in [2.05, 4.69) is 11.8 Å². The van der Waals surface area contributed by atoms with Crippen LogP contribution in [-0.4, -0.2) is 35.1 Å². The highest BCUT2D eigenvalue weighted by molar-refractivity contribution is 5.73. The second-order valence-electron chi connectivity index (χ2n) is 5.36. The summed E-state index contributed by atoms with van der Waals surface area (Å²) >= 11 is 0. The molecular weight excluding hydrogens is 214 g/mol. The highest BCUT2D eigenvalue weighted by Crippen LogP contribution is 2.28. The number of likely N-dealkylation sites (N-methyl/N-ethyl adjacent to an activating group) is 1. The van der Waals surface area contributed by atoms with Crippen LogP contribution in [0.4, 0.5) is 0 Å². The number of hydrogen-bond donors (Lipinski definition) is 1. The normalized spacial score (nSPS) is 27.8. The number of rotatable bonds is 5. The van der Waals surface area contributed by atoms with Crippen molar-refractivity contribution in [1.29, 1.82) is 0 Å². The van der Waals surface area contributed by atoms with Crippen LogP contribution in [0.25, 0.3) is 0 Å². The van der Waals surface area contributed by atoms with Gasteiger partial charge in [-0.15, -0.1) is 0 Å². The fourth-order valence-corrected chi connectivity index (χ4v) is 3.07. The molecule has 0 heterocycles. The molecule has 3 atom stereocenters. The smallest absolute Gasteiger partial charge is 0.320 e. The Bertz CT molecular complexity index is 242. The zero-order valence-corrected chi connectivity index (χ0v) is 11.5. The summed E-state index contributed by atoms with van der Waals surface area (Å²) in [5.74, 6) is 0.185. The summed E-state index contributed by atoms with van der Waals surface area (Å²) in [4.78, 5) is 13.3. The summed E-state index contributed by atoms with van der Waals surface area (Å²) in [7, 11) is 1.99. The second-order valence-corrected chi connectivity index (χ2v) is 5.36. The third-order valence-electron chi connectivity index (χ3n) is 4.37. The lowest BCUT2D eigenvalue weighted by Gasteiger charge is -2.31. The lowest BCUT2D eigenvalue weighted by atomic mass is 9.97. The summed E-state index contributed by atoms with van der Waals surface area (Å²) in [6.07, 6.45) is 8.14. The lowest BCUT2D eigenvalue weighted by Crippen LogP contribution is -2.44. The van der Waals surface area contributed by atoms with Crippen molar-refractivity contribution in [2.24, 2.45) is 5.92 Å². The number of carboxylic acid groups (broad SMARTS) is 1. The first-order valence-corrected chi connectivity index (χ1v) is 7.04. The zero-order valence-electron chi connectivity index (χ0n) is 11.5. The molecule has 0 saturated heterocycles. The van der Waals surface area contributed by atoms with E-state index in [1.165, 1.54) is 32.1 Å². The van der Waals surface area contributed by atoms with Gasteiger partial charge in [0.25, 0.3) is 0 Å². The molecule has 1 aliphatic carbocycles. The number of nitrogens with zero attached hydrogens (tertiary/aromatic N) is 1. The molecule has 17 heavy (non-hydrogen) atoms. The highest BCUT2D eigenvalue weighted by atomic mass is 16.4. The largest absolute Gasteiger partial charge is 0.480 e. The van der Waals surface area contributed by atoms with Crippen molar-refractivity contribution >= 4 is 5.97 Å². The maximum absolute atomic E-state index is 11.2. The van der Waals surface area contributed by atoms with Crippen LogP contribution in [0.1, 0.15) is 58.8 Å². The topological polar surface area (TPSA) is 40.5 Å². The highest BCUT2D eigenvalue weighted by Gasteiger charge is 2.28. The third kappa shape index (κ3) is 3.98. The van der Waals surface area contributed by atoms with E-state index in [1.54, 1.807) is 0 Å². The van der Waals surface area contributed by atoms with Gasteiger partial charge in [0.2, 0.25) is 0 Å². The third-order valence-corrected chi connectivity index (χ3v) is 4.37. The molecule has 1 rings (SSSR count). The molecular formula is C14H27NO2. The van der Waals surface area contributed by atoms with Crippen molar-refractivity contribution < 1.29 is 9.90 Å². The molecule has 0 bridgehead atoms. The Morgan fingerprint density at radius 1 is 1.29 bits per heavy atom. The van der Waals surface area contributed by atoms with Gasteiger partial charge >= 0.3 is 5.97 Å². The van der Waals surface area contributed by atoms with Crippen molar-refractivity contribution in [2.45, 2.75) is 70.9 Å². The first-order chi connectivity index (χ1) is 8.10. The van der Waals surface area contributed by atoms with E-state index >= 15 is 0 Å². The minimum absolute atomic E-state index is 0.307. The van der Waals surface area contributed by atoms with Crippen LogP contribution < -0.4 is 0 Å². The van der Waals surface area contributed by atoms with Gasteiger partial charge in [-0.2, -0.15) is 0 Å². The molecule has 0 amide bonds. The first kappa shape index (κ1) is 14.5. The summed E-state index contributed by atoms with van der Waals surface area (Å²) in [6, 6.07) is 0.158. The molecule has 1 saturated carbocycles. The van der Waals surface area contributed by atoms with Crippen molar-refractivity contribution in [3.63, 3.8) is 0 Å². The summed E-state index contributed by atoms with van der Waals surface area (Å²) < 4.78 is 0. The number of aliphatic carboxylic acids is 1. The van der Waals surface area contributed by atoms with Crippen LogP contribution in [0.3, 0.4) is 0 Å². The minimum Gasteiger partial charge on any atom is -0.480 e. The summed E-state index contributed by atoms with van der Waals surface area (Å²) in [6.45, 7) is 4.22. The fourth-order valence-electron chi connectivity index (χ4n) is 3.07. The SMILES string of the molecule is CCC1CCCC(N(C)C(CC)C(=O)O)CC1. The quantitative estimate of drug-likeness (QED) is 0.752. The summed E-state index contributed by atoms with van der Waals surface area (Å²) in [5, 5.41) is 9.20. The van der Waals surface area contributed by atoms with Gasteiger partial charge in [0, 0.05) is 6.04 Å². The van der Waals surface area contributed by atoms with Gasteiger partial charge < -0.3 is 5.11 Å². The van der Waals surface area contributed by atoms with Crippen molar-refractivity contribution in [3.05, 3.63) is 0 Å². The van der Waals surface area contributed by atoms with E-state index in [9.17, 15) is 9.90 Å². The number of carboxylic acids is 1. The molecule has 3 heteroatoms. The van der Waals surface area contributed by atoms with Crippen LogP contribution in [-0.2, 0) is 4.79 Å². The van der Waals surface area contributed by atoms with Gasteiger partial charge in [-0.25, -0.2) is 0 Å². The van der Waals surface area contributed by atoms with E-state index in [0.717, 1.165) is 12.3 Å². The molecule has 1 N–H and O–H groups in total. The monoisotopic (exact) mass is 241 g/mol. The van der Waals surface area contributed by atoms with E-state index in [4.69, 9.17) is 0 Å². The second kappa shape index (κ2) is 7.00. The predicted molar refractivity (Wildman–Crippen MR) is 70.1 cm³/mol. The molecule has 0 aromatic carbocycles. The first-order valence-electron chi connectivity index (χ1n) is 7.04. The predicted octanol–water partition coefficient (Wildman–Crippen LogP) is 3.14. The zero-order chi connectivity index (χ0) is 12.8. The lowest BCUT2D eigenvalue weighted by molar-refractivity contribution is -0.143. The molecule has 0 aromatic rings. The Morgan fingerprint density at radius 3 is 2.53 bits per heavy atom. The van der Waals surface area contributed by atoms with Gasteiger partial charge in [0.15, 0.2) is 0 Å². The van der Waals surface area contributed by atoms with E-state index in [0.29, 0.717) is 12.5 Å². The van der Waals surface area contributed by atoms with Gasteiger partial charge in [0.05, 0.1) is 0 Å². The van der Waals surface area contributed by atoms with Gasteiger partial charge in [-0.05, 0) is 38.6 Å². The average Bonchev–Trinajstić information content (AvgIpc) is 2.54. The molecule has 100 valence electrons. The number of carbonyl (C=O) groups is 1.